The lowest BCUT2D eigenvalue weighted by atomic mass is 10.1. The molecule has 7 nitrogen and oxygen atoms in total. The van der Waals surface area contributed by atoms with Crippen LogP contribution >= 0.6 is 0 Å². The molecule has 0 radical (unpaired) electrons. The van der Waals surface area contributed by atoms with Gasteiger partial charge in [0, 0.05) is 11.8 Å². The predicted octanol–water partition coefficient (Wildman–Crippen LogP) is 2.09. The van der Waals surface area contributed by atoms with Gasteiger partial charge >= 0.3 is 5.97 Å². The second kappa shape index (κ2) is 7.23. The molecule has 0 saturated heterocycles. The number of aliphatic hydroxyl groups excluding tert-OH is 1. The van der Waals surface area contributed by atoms with Crippen molar-refractivity contribution in [3.05, 3.63) is 53.6 Å². The SMILES string of the molecule is C[C@@H](OC(=O)c1ccc(CO)cc1)C(=O)Nc1ccc2c(c1)OCO2. The van der Waals surface area contributed by atoms with Crippen molar-refractivity contribution < 1.29 is 28.9 Å². The summed E-state index contributed by atoms with van der Waals surface area (Å²) in [6.07, 6.45) is -0.976. The minimum Gasteiger partial charge on any atom is -0.454 e. The van der Waals surface area contributed by atoms with E-state index in [0.717, 1.165) is 0 Å². The molecule has 3 rings (SSSR count). The molecule has 2 aromatic carbocycles. The third-order valence-electron chi connectivity index (χ3n) is 3.67. The molecule has 0 fully saturated rings. The Morgan fingerprint density at radius 2 is 1.88 bits per heavy atom. The molecule has 2 N–H and O–H groups in total. The number of amides is 1. The van der Waals surface area contributed by atoms with Crippen LogP contribution in [0.1, 0.15) is 22.8 Å². The maximum Gasteiger partial charge on any atom is 0.338 e. The van der Waals surface area contributed by atoms with E-state index in [-0.39, 0.29) is 13.4 Å². The Morgan fingerprint density at radius 3 is 2.60 bits per heavy atom. The highest BCUT2D eigenvalue weighted by molar-refractivity contribution is 5.97. The van der Waals surface area contributed by atoms with Gasteiger partial charge in [0.25, 0.3) is 5.91 Å². The van der Waals surface area contributed by atoms with Gasteiger partial charge in [0.2, 0.25) is 6.79 Å². The van der Waals surface area contributed by atoms with Crippen LogP contribution < -0.4 is 14.8 Å². The van der Waals surface area contributed by atoms with Gasteiger partial charge < -0.3 is 24.6 Å². The number of benzene rings is 2. The van der Waals surface area contributed by atoms with E-state index in [4.69, 9.17) is 19.3 Å². The highest BCUT2D eigenvalue weighted by Crippen LogP contribution is 2.34. The van der Waals surface area contributed by atoms with E-state index in [0.29, 0.717) is 28.3 Å². The molecular weight excluding hydrogens is 326 g/mol. The second-order valence-corrected chi connectivity index (χ2v) is 5.46. The number of esters is 1. The van der Waals surface area contributed by atoms with Crippen LogP contribution in [0, 0.1) is 0 Å². The summed E-state index contributed by atoms with van der Waals surface area (Å²) in [5, 5.41) is 11.7. The summed E-state index contributed by atoms with van der Waals surface area (Å²) in [7, 11) is 0. The first-order valence-electron chi connectivity index (χ1n) is 7.68. The maximum absolute atomic E-state index is 12.2. The molecule has 0 bridgehead atoms. The van der Waals surface area contributed by atoms with Crippen molar-refractivity contribution in [3.8, 4) is 11.5 Å². The number of carbonyl (C=O) groups excluding carboxylic acids is 2. The number of hydrogen-bond acceptors (Lipinski definition) is 6. The third-order valence-corrected chi connectivity index (χ3v) is 3.67. The van der Waals surface area contributed by atoms with E-state index in [2.05, 4.69) is 5.32 Å². The molecule has 0 unspecified atom stereocenters. The first-order chi connectivity index (χ1) is 12.1. The van der Waals surface area contributed by atoms with Crippen LogP contribution in [0.5, 0.6) is 11.5 Å². The topological polar surface area (TPSA) is 94.1 Å². The molecule has 1 aliphatic rings. The molecule has 1 amide bonds. The molecule has 0 spiro atoms. The first-order valence-corrected chi connectivity index (χ1v) is 7.68. The Balaban J connectivity index is 1.59. The van der Waals surface area contributed by atoms with Gasteiger partial charge in [-0.1, -0.05) is 12.1 Å². The molecule has 0 saturated carbocycles. The zero-order valence-electron chi connectivity index (χ0n) is 13.5. The van der Waals surface area contributed by atoms with Crippen LogP contribution in [0.4, 0.5) is 5.69 Å². The van der Waals surface area contributed by atoms with Gasteiger partial charge in [-0.15, -0.1) is 0 Å². The Hall–Kier alpha value is -3.06. The van der Waals surface area contributed by atoms with Gasteiger partial charge in [-0.2, -0.15) is 0 Å². The molecule has 7 heteroatoms. The smallest absolute Gasteiger partial charge is 0.338 e. The molecule has 0 aromatic heterocycles. The van der Waals surface area contributed by atoms with Crippen molar-refractivity contribution >= 4 is 17.6 Å². The second-order valence-electron chi connectivity index (χ2n) is 5.46. The number of nitrogens with one attached hydrogen (secondary N) is 1. The van der Waals surface area contributed by atoms with Crippen LogP contribution in [0.25, 0.3) is 0 Å². The van der Waals surface area contributed by atoms with Crippen LogP contribution in [-0.2, 0) is 16.1 Å². The lowest BCUT2D eigenvalue weighted by Crippen LogP contribution is -2.30. The lowest BCUT2D eigenvalue weighted by molar-refractivity contribution is -0.123. The fraction of sp³-hybridized carbons (Fsp3) is 0.222. The van der Waals surface area contributed by atoms with E-state index in [1.54, 1.807) is 30.3 Å². The van der Waals surface area contributed by atoms with Crippen LogP contribution in [0.15, 0.2) is 42.5 Å². The zero-order valence-corrected chi connectivity index (χ0v) is 13.5. The summed E-state index contributed by atoms with van der Waals surface area (Å²) in [5.41, 5.74) is 1.51. The summed E-state index contributed by atoms with van der Waals surface area (Å²) in [6, 6.07) is 11.3. The highest BCUT2D eigenvalue weighted by Gasteiger charge is 2.20. The number of anilines is 1. The van der Waals surface area contributed by atoms with E-state index in [9.17, 15) is 9.59 Å². The molecule has 1 atom stereocenters. The number of aliphatic hydroxyl groups is 1. The molecule has 1 aliphatic heterocycles. The Labute approximate surface area is 144 Å². The minimum absolute atomic E-state index is 0.107. The molecule has 0 aliphatic carbocycles. The summed E-state index contributed by atoms with van der Waals surface area (Å²) >= 11 is 0. The maximum atomic E-state index is 12.2. The standard InChI is InChI=1S/C18H17NO6/c1-11(25-18(22)13-4-2-12(9-20)3-5-13)17(21)19-14-6-7-15-16(8-14)24-10-23-15/h2-8,11,20H,9-10H2,1H3,(H,19,21)/t11-/m1/s1. The summed E-state index contributed by atoms with van der Waals surface area (Å²) < 4.78 is 15.6. The molecule has 1 heterocycles. The highest BCUT2D eigenvalue weighted by atomic mass is 16.7. The van der Waals surface area contributed by atoms with Gasteiger partial charge in [0.15, 0.2) is 17.6 Å². The normalized spacial score (nSPS) is 13.2. The Kier molecular flexibility index (Phi) is 4.85. The van der Waals surface area contributed by atoms with Crippen LogP contribution in [-0.4, -0.2) is 29.9 Å². The number of fused-ring (bicyclic) bond motifs is 1. The van der Waals surface area contributed by atoms with Crippen LogP contribution in [0.3, 0.4) is 0 Å². The zero-order chi connectivity index (χ0) is 17.8. The quantitative estimate of drug-likeness (QED) is 0.808. The van der Waals surface area contributed by atoms with Crippen molar-refractivity contribution in [1.29, 1.82) is 0 Å². The van der Waals surface area contributed by atoms with Crippen molar-refractivity contribution in [1.82, 2.24) is 0 Å². The average molecular weight is 343 g/mol. The predicted molar refractivity (Wildman–Crippen MR) is 88.4 cm³/mol. The third kappa shape index (κ3) is 3.89. The Bertz CT molecular complexity index is 787. The monoisotopic (exact) mass is 343 g/mol. The van der Waals surface area contributed by atoms with Gasteiger partial charge in [-0.3, -0.25) is 4.79 Å². The van der Waals surface area contributed by atoms with E-state index in [1.807, 2.05) is 0 Å². The fourth-order valence-electron chi connectivity index (χ4n) is 2.25. The van der Waals surface area contributed by atoms with Gasteiger partial charge in [0.05, 0.1) is 12.2 Å². The summed E-state index contributed by atoms with van der Waals surface area (Å²) in [5.74, 6) is 0.0900. The number of hydrogen-bond donors (Lipinski definition) is 2. The largest absolute Gasteiger partial charge is 0.454 e. The average Bonchev–Trinajstić information content (AvgIpc) is 3.09. The van der Waals surface area contributed by atoms with Crippen LogP contribution in [0.2, 0.25) is 0 Å². The summed E-state index contributed by atoms with van der Waals surface area (Å²) in [4.78, 5) is 24.3. The molecule has 25 heavy (non-hydrogen) atoms. The number of carbonyl (C=O) groups is 2. The molecule has 130 valence electrons. The van der Waals surface area contributed by atoms with Crippen molar-refractivity contribution in [2.75, 3.05) is 12.1 Å². The number of ether oxygens (including phenoxy) is 3. The van der Waals surface area contributed by atoms with Crippen molar-refractivity contribution in [2.24, 2.45) is 0 Å². The van der Waals surface area contributed by atoms with E-state index in [1.165, 1.54) is 19.1 Å². The minimum atomic E-state index is -0.976. The van der Waals surface area contributed by atoms with Crippen molar-refractivity contribution in [2.45, 2.75) is 19.6 Å². The van der Waals surface area contributed by atoms with Gasteiger partial charge in [-0.25, -0.2) is 4.79 Å². The lowest BCUT2D eigenvalue weighted by Gasteiger charge is -2.14. The van der Waals surface area contributed by atoms with Gasteiger partial charge in [0.1, 0.15) is 0 Å². The first kappa shape index (κ1) is 16.8. The fourth-order valence-corrected chi connectivity index (χ4v) is 2.25. The summed E-state index contributed by atoms with van der Waals surface area (Å²) in [6.45, 7) is 1.53. The molecule has 2 aromatic rings. The molecular formula is C18H17NO6. The van der Waals surface area contributed by atoms with E-state index < -0.39 is 18.0 Å². The Morgan fingerprint density at radius 1 is 1.16 bits per heavy atom. The number of rotatable bonds is 5. The van der Waals surface area contributed by atoms with Gasteiger partial charge in [-0.05, 0) is 36.8 Å². The van der Waals surface area contributed by atoms with Crippen molar-refractivity contribution in [3.63, 3.8) is 0 Å². The van der Waals surface area contributed by atoms with E-state index >= 15 is 0 Å².